The van der Waals surface area contributed by atoms with Gasteiger partial charge in [0.15, 0.2) is 6.23 Å². The van der Waals surface area contributed by atoms with Crippen molar-refractivity contribution in [3.63, 3.8) is 0 Å². The highest BCUT2D eigenvalue weighted by Crippen LogP contribution is 2.61. The quantitative estimate of drug-likeness (QED) is 0.766. The van der Waals surface area contributed by atoms with Crippen LogP contribution in [0, 0.1) is 34.8 Å². The summed E-state index contributed by atoms with van der Waals surface area (Å²) in [5, 5.41) is 15.4. The molecule has 0 spiro atoms. The number of carbonyl (C=O) groups is 2. The third-order valence-electron chi connectivity index (χ3n) is 6.63. The van der Waals surface area contributed by atoms with Gasteiger partial charge in [-0.15, -0.1) is 0 Å². The molecule has 2 heterocycles. The van der Waals surface area contributed by atoms with Crippen molar-refractivity contribution in [3.8, 4) is 17.2 Å². The molecule has 0 radical (unpaired) electrons. The minimum atomic E-state index is -0.811. The summed E-state index contributed by atoms with van der Waals surface area (Å²) in [6.45, 7) is 2.74. The van der Waals surface area contributed by atoms with Crippen LogP contribution in [0.2, 0.25) is 0 Å². The Kier molecular flexibility index (Phi) is 4.64. The van der Waals surface area contributed by atoms with Crippen LogP contribution in [0.5, 0.6) is 0 Å². The number of benzene rings is 2. The maximum atomic E-state index is 15.0. The standard InChI is InChI=1S/C23H20F2N4O3/c1-12(30)28-21-10-29(22(31)32-21)14-3-4-15(19(24)7-14)13-2-5-16(20(25)6-13)23(11-26)17-8-27-9-18(17)23/h2-7,17-18,21,27H,8-10H2,1H3,(H,28,30)/t17-,18+,21?,23+. The van der Waals surface area contributed by atoms with E-state index >= 15 is 4.39 Å². The van der Waals surface area contributed by atoms with E-state index < -0.39 is 29.4 Å². The molecule has 2 aromatic rings. The highest BCUT2D eigenvalue weighted by molar-refractivity contribution is 5.90. The number of rotatable bonds is 4. The number of hydrogen-bond donors (Lipinski definition) is 2. The molecular formula is C23H20F2N4O3. The molecule has 1 unspecified atom stereocenters. The zero-order valence-corrected chi connectivity index (χ0v) is 17.2. The lowest BCUT2D eigenvalue weighted by Crippen LogP contribution is -2.36. The first kappa shape index (κ1) is 20.4. The molecule has 2 amide bonds. The molecule has 2 aromatic carbocycles. The second kappa shape index (κ2) is 7.28. The zero-order valence-electron chi connectivity index (χ0n) is 17.2. The number of cyclic esters (lactones) is 1. The van der Waals surface area contributed by atoms with Crippen molar-refractivity contribution in [2.45, 2.75) is 18.6 Å². The Hall–Kier alpha value is -3.51. The molecule has 2 aliphatic heterocycles. The smallest absolute Gasteiger partial charge is 0.416 e. The molecule has 1 aliphatic carbocycles. The molecule has 32 heavy (non-hydrogen) atoms. The molecule has 7 nitrogen and oxygen atoms in total. The SMILES string of the molecule is CC(=O)NC1CN(c2ccc(-c3ccc([C@@]4(C#N)[C@@H]5CNC[C@@H]54)c(F)c3)c(F)c2)C(=O)O1. The second-order valence-corrected chi connectivity index (χ2v) is 8.39. The normalized spacial score (nSPS) is 28.1. The maximum absolute atomic E-state index is 15.0. The van der Waals surface area contributed by atoms with Crippen molar-refractivity contribution in [2.24, 2.45) is 11.8 Å². The van der Waals surface area contributed by atoms with Crippen molar-refractivity contribution in [3.05, 3.63) is 53.6 Å². The van der Waals surface area contributed by atoms with Gasteiger partial charge in [0.05, 0.1) is 23.7 Å². The van der Waals surface area contributed by atoms with Crippen LogP contribution < -0.4 is 15.5 Å². The van der Waals surface area contributed by atoms with Crippen molar-refractivity contribution >= 4 is 17.7 Å². The molecule has 3 fully saturated rings. The number of piperidine rings is 1. The number of anilines is 1. The van der Waals surface area contributed by atoms with Gasteiger partial charge in [0, 0.05) is 43.0 Å². The second-order valence-electron chi connectivity index (χ2n) is 8.39. The number of nitrogens with one attached hydrogen (secondary N) is 2. The van der Waals surface area contributed by atoms with Gasteiger partial charge >= 0.3 is 6.09 Å². The molecule has 1 saturated carbocycles. The fourth-order valence-corrected chi connectivity index (χ4v) is 5.06. The first-order valence-corrected chi connectivity index (χ1v) is 10.3. The Morgan fingerprint density at radius 2 is 1.97 bits per heavy atom. The van der Waals surface area contributed by atoms with Gasteiger partial charge in [-0.1, -0.05) is 12.1 Å². The van der Waals surface area contributed by atoms with Gasteiger partial charge in [0.25, 0.3) is 0 Å². The summed E-state index contributed by atoms with van der Waals surface area (Å²) in [5.41, 5.74) is 0.335. The minimum Gasteiger partial charge on any atom is -0.423 e. The van der Waals surface area contributed by atoms with Gasteiger partial charge in [-0.25, -0.2) is 13.6 Å². The molecule has 5 rings (SSSR count). The molecular weight excluding hydrogens is 418 g/mol. The van der Waals surface area contributed by atoms with Crippen LogP contribution in [0.25, 0.3) is 11.1 Å². The number of nitrogens with zero attached hydrogens (tertiary/aromatic N) is 2. The lowest BCUT2D eigenvalue weighted by Gasteiger charge is -2.17. The average molecular weight is 438 g/mol. The Morgan fingerprint density at radius 3 is 2.59 bits per heavy atom. The fraction of sp³-hybridized carbons (Fsp3) is 0.348. The molecule has 9 heteroatoms. The monoisotopic (exact) mass is 438 g/mol. The van der Waals surface area contributed by atoms with Gasteiger partial charge in [-0.05, 0) is 29.8 Å². The van der Waals surface area contributed by atoms with Crippen molar-refractivity contribution in [2.75, 3.05) is 24.5 Å². The Labute approximate surface area is 183 Å². The average Bonchev–Trinajstić information content (AvgIpc) is 3.05. The first-order valence-electron chi connectivity index (χ1n) is 10.3. The van der Waals surface area contributed by atoms with E-state index in [1.807, 2.05) is 0 Å². The predicted molar refractivity (Wildman–Crippen MR) is 110 cm³/mol. The number of fused-ring (bicyclic) bond motifs is 1. The molecule has 0 bridgehead atoms. The lowest BCUT2D eigenvalue weighted by molar-refractivity contribution is -0.121. The van der Waals surface area contributed by atoms with Gasteiger partial charge in [0.1, 0.15) is 11.6 Å². The van der Waals surface area contributed by atoms with Crippen LogP contribution in [0.3, 0.4) is 0 Å². The fourth-order valence-electron chi connectivity index (χ4n) is 5.06. The molecule has 0 aromatic heterocycles. The number of carbonyl (C=O) groups excluding carboxylic acids is 2. The van der Waals surface area contributed by atoms with E-state index in [4.69, 9.17) is 4.74 Å². The number of hydrogen-bond acceptors (Lipinski definition) is 5. The van der Waals surface area contributed by atoms with Crippen LogP contribution in [0.15, 0.2) is 36.4 Å². The first-order chi connectivity index (χ1) is 15.3. The summed E-state index contributed by atoms with van der Waals surface area (Å²) in [4.78, 5) is 24.5. The Bertz CT molecular complexity index is 1170. The van der Waals surface area contributed by atoms with E-state index in [1.165, 1.54) is 36.1 Å². The van der Waals surface area contributed by atoms with E-state index in [2.05, 4.69) is 16.7 Å². The number of halogens is 2. The molecule has 164 valence electrons. The van der Waals surface area contributed by atoms with E-state index in [0.717, 1.165) is 0 Å². The predicted octanol–water partition coefficient (Wildman–Crippen LogP) is 2.66. The van der Waals surface area contributed by atoms with E-state index in [-0.39, 0.29) is 35.5 Å². The Morgan fingerprint density at radius 1 is 1.22 bits per heavy atom. The van der Waals surface area contributed by atoms with Crippen molar-refractivity contribution in [1.82, 2.24) is 10.6 Å². The van der Waals surface area contributed by atoms with Crippen LogP contribution in [0.1, 0.15) is 12.5 Å². The lowest BCUT2D eigenvalue weighted by atomic mass is 9.89. The van der Waals surface area contributed by atoms with Crippen LogP contribution in [-0.2, 0) is 14.9 Å². The van der Waals surface area contributed by atoms with Crippen LogP contribution in [-0.4, -0.2) is 37.9 Å². The highest BCUT2D eigenvalue weighted by atomic mass is 19.1. The number of ether oxygens (including phenoxy) is 1. The molecule has 3 aliphatic rings. The largest absolute Gasteiger partial charge is 0.423 e. The summed E-state index contributed by atoms with van der Waals surface area (Å²) in [7, 11) is 0. The summed E-state index contributed by atoms with van der Waals surface area (Å²) in [6.07, 6.45) is -1.51. The minimum absolute atomic E-state index is 0.0496. The third kappa shape index (κ3) is 3.02. The van der Waals surface area contributed by atoms with Crippen LogP contribution >= 0.6 is 0 Å². The summed E-state index contributed by atoms with van der Waals surface area (Å²) >= 11 is 0. The molecule has 2 saturated heterocycles. The third-order valence-corrected chi connectivity index (χ3v) is 6.63. The molecule has 4 atom stereocenters. The van der Waals surface area contributed by atoms with Crippen molar-refractivity contribution in [1.29, 1.82) is 5.26 Å². The van der Waals surface area contributed by atoms with Gasteiger partial charge in [0.2, 0.25) is 5.91 Å². The van der Waals surface area contributed by atoms with Gasteiger partial charge in [-0.2, -0.15) is 5.26 Å². The number of amides is 2. The van der Waals surface area contributed by atoms with Gasteiger partial charge in [-0.3, -0.25) is 9.69 Å². The van der Waals surface area contributed by atoms with E-state index in [9.17, 15) is 19.2 Å². The van der Waals surface area contributed by atoms with E-state index in [0.29, 0.717) is 24.2 Å². The zero-order chi connectivity index (χ0) is 22.6. The van der Waals surface area contributed by atoms with Gasteiger partial charge < -0.3 is 15.4 Å². The highest BCUT2D eigenvalue weighted by Gasteiger charge is 2.68. The van der Waals surface area contributed by atoms with Crippen LogP contribution in [0.4, 0.5) is 19.3 Å². The topological polar surface area (TPSA) is 94.5 Å². The number of nitriles is 1. The summed E-state index contributed by atoms with van der Waals surface area (Å²) in [6, 6.07) is 10.9. The van der Waals surface area contributed by atoms with Crippen molar-refractivity contribution < 1.29 is 23.1 Å². The van der Waals surface area contributed by atoms with E-state index in [1.54, 1.807) is 12.1 Å². The Balaban J connectivity index is 1.39. The maximum Gasteiger partial charge on any atom is 0.416 e. The molecule has 2 N–H and O–H groups in total. The summed E-state index contributed by atoms with van der Waals surface area (Å²) < 4.78 is 35.0. The summed E-state index contributed by atoms with van der Waals surface area (Å²) in [5.74, 6) is -1.30.